The van der Waals surface area contributed by atoms with Gasteiger partial charge in [-0.15, -0.1) is 0 Å². The summed E-state index contributed by atoms with van der Waals surface area (Å²) < 4.78 is 0. The van der Waals surface area contributed by atoms with Gasteiger partial charge in [0.05, 0.1) is 6.42 Å². The van der Waals surface area contributed by atoms with Crippen LogP contribution in [0.5, 0.6) is 0 Å². The topological polar surface area (TPSA) is 199 Å². The average molecular weight is 613 g/mol. The largest absolute Gasteiger partial charge is 0.481 e. The quantitative estimate of drug-likeness (QED) is 0.230. The SMILES string of the molecule is CC(C)C[C@@H]1NC(=O)[C@@H](C(C)C)NC(=O)[C@H](C(C)C)NC(=O)[C@@H](CC(=O)O)NC(=O)[C@@H](Cc2c[nH]c3ccccc23)NC1=O. The molecule has 13 heteroatoms. The van der Waals surface area contributed by atoms with Crippen LogP contribution in [0.15, 0.2) is 30.5 Å². The number of hydrogen-bond acceptors (Lipinski definition) is 6. The summed E-state index contributed by atoms with van der Waals surface area (Å²) in [6, 6.07) is 1.41. The van der Waals surface area contributed by atoms with Crippen LogP contribution in [0.1, 0.15) is 59.9 Å². The van der Waals surface area contributed by atoms with Crippen LogP contribution in [-0.2, 0) is 35.2 Å². The summed E-state index contributed by atoms with van der Waals surface area (Å²) in [6.07, 6.45) is 1.21. The lowest BCUT2D eigenvalue weighted by atomic mass is 9.98. The maximum Gasteiger partial charge on any atom is 0.305 e. The number of carboxylic acids is 1. The predicted octanol–water partition coefficient (Wildman–Crippen LogP) is 0.981. The Kier molecular flexibility index (Phi) is 11.5. The number of aromatic amines is 1. The first kappa shape index (κ1) is 34.1. The molecule has 1 aliphatic heterocycles. The molecule has 0 radical (unpaired) electrons. The lowest BCUT2D eigenvalue weighted by Gasteiger charge is -2.29. The Balaban J connectivity index is 2.09. The van der Waals surface area contributed by atoms with E-state index in [4.69, 9.17) is 0 Å². The molecule has 0 spiro atoms. The van der Waals surface area contributed by atoms with Crippen molar-refractivity contribution in [3.05, 3.63) is 36.0 Å². The Bertz CT molecular complexity index is 1380. The molecule has 0 unspecified atom stereocenters. The second-order valence-electron chi connectivity index (χ2n) is 12.4. The minimum atomic E-state index is -1.55. The van der Waals surface area contributed by atoms with E-state index in [1.165, 1.54) is 0 Å². The zero-order chi connectivity index (χ0) is 32.7. The molecule has 1 aromatic carbocycles. The smallest absolute Gasteiger partial charge is 0.305 e. The fourth-order valence-corrected chi connectivity index (χ4v) is 5.19. The summed E-state index contributed by atoms with van der Waals surface area (Å²) in [6.45, 7) is 10.6. The fourth-order valence-electron chi connectivity index (χ4n) is 5.19. The van der Waals surface area contributed by atoms with Crippen molar-refractivity contribution in [3.63, 3.8) is 0 Å². The predicted molar refractivity (Wildman–Crippen MR) is 163 cm³/mol. The van der Waals surface area contributed by atoms with Gasteiger partial charge in [-0.1, -0.05) is 59.7 Å². The van der Waals surface area contributed by atoms with E-state index in [1.807, 2.05) is 38.1 Å². The Hall–Kier alpha value is -4.42. The highest BCUT2D eigenvalue weighted by atomic mass is 16.4. The molecule has 3 rings (SSSR count). The number of rotatable bonds is 8. The molecule has 0 bridgehead atoms. The molecule has 2 aromatic rings. The molecule has 2 heterocycles. The monoisotopic (exact) mass is 612 g/mol. The lowest BCUT2D eigenvalue weighted by Crippen LogP contribution is -2.60. The number of H-pyrrole nitrogens is 1. The summed E-state index contributed by atoms with van der Waals surface area (Å²) in [5.41, 5.74) is 1.52. The molecule has 1 fully saturated rings. The maximum absolute atomic E-state index is 13.7. The number of benzene rings is 1. The first-order valence-electron chi connectivity index (χ1n) is 15.0. The number of aromatic nitrogens is 1. The molecule has 5 atom stereocenters. The number of carbonyl (C=O) groups is 6. The molecule has 5 amide bonds. The van der Waals surface area contributed by atoms with Gasteiger partial charge in [-0.3, -0.25) is 28.8 Å². The molecule has 240 valence electrons. The third-order valence-corrected chi connectivity index (χ3v) is 7.58. The zero-order valence-electron chi connectivity index (χ0n) is 26.0. The average Bonchev–Trinajstić information content (AvgIpc) is 3.34. The second-order valence-corrected chi connectivity index (χ2v) is 12.4. The number of carbonyl (C=O) groups excluding carboxylic acids is 5. The van der Waals surface area contributed by atoms with Crippen LogP contribution < -0.4 is 26.6 Å². The van der Waals surface area contributed by atoms with Crippen molar-refractivity contribution < 1.29 is 33.9 Å². The minimum absolute atomic E-state index is 0.00855. The highest BCUT2D eigenvalue weighted by Gasteiger charge is 2.37. The van der Waals surface area contributed by atoms with E-state index >= 15 is 0 Å². The Morgan fingerprint density at radius 3 is 1.80 bits per heavy atom. The normalized spacial score (nSPS) is 24.3. The Labute approximate surface area is 256 Å². The van der Waals surface area contributed by atoms with E-state index < -0.39 is 78.1 Å². The van der Waals surface area contributed by atoms with E-state index in [-0.39, 0.29) is 24.7 Å². The van der Waals surface area contributed by atoms with Gasteiger partial charge >= 0.3 is 5.97 Å². The third kappa shape index (κ3) is 8.80. The van der Waals surface area contributed by atoms with Crippen LogP contribution in [-0.4, -0.2) is 75.8 Å². The summed E-state index contributed by atoms with van der Waals surface area (Å²) >= 11 is 0. The number of carboxylic acid groups (broad SMARTS) is 1. The summed E-state index contributed by atoms with van der Waals surface area (Å²) in [5, 5.41) is 23.6. The number of aliphatic carboxylic acids is 1. The van der Waals surface area contributed by atoms with Crippen molar-refractivity contribution in [2.45, 2.75) is 91.0 Å². The van der Waals surface area contributed by atoms with Crippen molar-refractivity contribution in [2.75, 3.05) is 0 Å². The lowest BCUT2D eigenvalue weighted by molar-refractivity contribution is -0.141. The van der Waals surface area contributed by atoms with Crippen LogP contribution in [0, 0.1) is 17.8 Å². The van der Waals surface area contributed by atoms with Crippen molar-refractivity contribution in [1.29, 1.82) is 0 Å². The van der Waals surface area contributed by atoms with E-state index in [0.717, 1.165) is 10.9 Å². The van der Waals surface area contributed by atoms with E-state index in [1.54, 1.807) is 33.9 Å². The van der Waals surface area contributed by atoms with Gasteiger partial charge in [-0.05, 0) is 35.8 Å². The molecule has 1 aromatic heterocycles. The van der Waals surface area contributed by atoms with Gasteiger partial charge in [0.25, 0.3) is 0 Å². The molecule has 7 N–H and O–H groups in total. The van der Waals surface area contributed by atoms with Crippen molar-refractivity contribution in [1.82, 2.24) is 31.6 Å². The van der Waals surface area contributed by atoms with E-state index in [2.05, 4.69) is 31.6 Å². The number of nitrogens with one attached hydrogen (secondary N) is 6. The van der Waals surface area contributed by atoms with E-state index in [0.29, 0.717) is 5.56 Å². The maximum atomic E-state index is 13.7. The highest BCUT2D eigenvalue weighted by molar-refractivity contribution is 5.99. The van der Waals surface area contributed by atoms with E-state index in [9.17, 15) is 33.9 Å². The number of fused-ring (bicyclic) bond motifs is 1. The van der Waals surface area contributed by atoms with Crippen LogP contribution in [0.4, 0.5) is 0 Å². The molecule has 1 saturated heterocycles. The minimum Gasteiger partial charge on any atom is -0.481 e. The first-order chi connectivity index (χ1) is 20.7. The number of para-hydroxylation sites is 1. The van der Waals surface area contributed by atoms with Gasteiger partial charge in [0, 0.05) is 23.5 Å². The van der Waals surface area contributed by atoms with Gasteiger partial charge in [0.15, 0.2) is 0 Å². The second kappa shape index (κ2) is 14.8. The van der Waals surface area contributed by atoms with Crippen LogP contribution >= 0.6 is 0 Å². The summed E-state index contributed by atoms with van der Waals surface area (Å²) in [7, 11) is 0. The van der Waals surface area contributed by atoms with Gasteiger partial charge in [0.1, 0.15) is 30.2 Å². The van der Waals surface area contributed by atoms with Gasteiger partial charge < -0.3 is 36.7 Å². The Morgan fingerprint density at radius 2 is 1.20 bits per heavy atom. The summed E-state index contributed by atoms with van der Waals surface area (Å²) in [5.74, 6) is -5.73. The van der Waals surface area contributed by atoms with Gasteiger partial charge in [-0.2, -0.15) is 0 Å². The molecular weight excluding hydrogens is 568 g/mol. The number of hydrogen-bond donors (Lipinski definition) is 7. The third-order valence-electron chi connectivity index (χ3n) is 7.58. The van der Waals surface area contributed by atoms with Gasteiger partial charge in [-0.25, -0.2) is 0 Å². The first-order valence-corrected chi connectivity index (χ1v) is 15.0. The van der Waals surface area contributed by atoms with Crippen molar-refractivity contribution >= 4 is 46.4 Å². The molecular formula is C31H44N6O7. The van der Waals surface area contributed by atoms with Crippen molar-refractivity contribution in [2.24, 2.45) is 17.8 Å². The fraction of sp³-hybridized carbons (Fsp3) is 0.548. The van der Waals surface area contributed by atoms with Crippen LogP contribution in [0.25, 0.3) is 10.9 Å². The van der Waals surface area contributed by atoms with Crippen LogP contribution in [0.3, 0.4) is 0 Å². The molecule has 44 heavy (non-hydrogen) atoms. The summed E-state index contributed by atoms with van der Waals surface area (Å²) in [4.78, 5) is 82.5. The highest BCUT2D eigenvalue weighted by Crippen LogP contribution is 2.20. The van der Waals surface area contributed by atoms with Crippen LogP contribution in [0.2, 0.25) is 0 Å². The zero-order valence-corrected chi connectivity index (χ0v) is 26.0. The Morgan fingerprint density at radius 1 is 0.705 bits per heavy atom. The molecule has 13 nitrogen and oxygen atoms in total. The van der Waals surface area contributed by atoms with Gasteiger partial charge in [0.2, 0.25) is 29.5 Å². The molecule has 0 aliphatic carbocycles. The molecule has 0 saturated carbocycles. The standard InChI is InChI=1S/C31H44N6O7/c1-15(2)11-21-27(40)33-22(12-18-14-32-20-10-8-7-9-19(18)20)28(41)34-23(13-24(38)39)29(42)36-26(17(5)6)31(44)37-25(16(3)4)30(43)35-21/h7-10,14-17,21-23,25-26,32H,11-13H2,1-6H3,(H,33,40)(H,34,41)(H,35,43)(H,36,42)(H,37,44)(H,38,39)/t21-,22+,23+,25+,26-/m0/s1. The molecule has 1 aliphatic rings. The van der Waals surface area contributed by atoms with Crippen molar-refractivity contribution in [3.8, 4) is 0 Å². The number of amides is 5.